The zero-order chi connectivity index (χ0) is 15.1. The molecule has 0 spiro atoms. The van der Waals surface area contributed by atoms with E-state index in [1.54, 1.807) is 6.07 Å². The number of halogens is 1. The number of carbonyl (C=O) groups is 2. The zero-order valence-electron chi connectivity index (χ0n) is 11.3. The summed E-state index contributed by atoms with van der Waals surface area (Å²) in [5.41, 5.74) is 6.19. The third-order valence-corrected chi connectivity index (χ3v) is 4.56. The number of imide groups is 1. The third kappa shape index (κ3) is 2.44. The van der Waals surface area contributed by atoms with E-state index in [0.29, 0.717) is 17.5 Å². The number of nitrogens with two attached hydrogens (primary N) is 1. The van der Waals surface area contributed by atoms with Crippen LogP contribution in [0.4, 0.5) is 4.39 Å². The second kappa shape index (κ2) is 5.18. The molecule has 2 N–H and O–H groups in total. The van der Waals surface area contributed by atoms with Gasteiger partial charge in [-0.3, -0.25) is 14.5 Å². The molecule has 2 amide bonds. The van der Waals surface area contributed by atoms with Gasteiger partial charge in [0.2, 0.25) is 11.8 Å². The predicted molar refractivity (Wildman–Crippen MR) is 78.7 cm³/mol. The zero-order valence-corrected chi connectivity index (χ0v) is 12.2. The van der Waals surface area contributed by atoms with Crippen LogP contribution in [-0.4, -0.2) is 21.7 Å². The molecule has 110 valence electrons. The van der Waals surface area contributed by atoms with Crippen LogP contribution in [0.25, 0.3) is 0 Å². The van der Waals surface area contributed by atoms with Gasteiger partial charge in [0.05, 0.1) is 6.54 Å². The fourth-order valence-electron chi connectivity index (χ4n) is 3.13. The van der Waals surface area contributed by atoms with Crippen molar-refractivity contribution in [3.05, 3.63) is 35.1 Å². The predicted octanol–water partition coefficient (Wildman–Crippen LogP) is 1.75. The van der Waals surface area contributed by atoms with Gasteiger partial charge in [-0.15, -0.1) is 0 Å². The lowest BCUT2D eigenvalue weighted by molar-refractivity contribution is -0.153. The molecule has 4 nitrogen and oxygen atoms in total. The second-order valence-corrected chi connectivity index (χ2v) is 6.08. The van der Waals surface area contributed by atoms with Crippen molar-refractivity contribution >= 4 is 29.0 Å². The maximum Gasteiger partial charge on any atom is 0.232 e. The topological polar surface area (TPSA) is 63.4 Å². The minimum absolute atomic E-state index is 0.0197. The van der Waals surface area contributed by atoms with Gasteiger partial charge >= 0.3 is 0 Å². The van der Waals surface area contributed by atoms with Crippen LogP contribution in [0.2, 0.25) is 0 Å². The van der Waals surface area contributed by atoms with Gasteiger partial charge in [-0.2, -0.15) is 0 Å². The molecular weight excluding hydrogens is 291 g/mol. The largest absolute Gasteiger partial charge is 0.389 e. The number of carbonyl (C=O) groups excluding carboxylic acids is 2. The molecule has 2 aliphatic rings. The van der Waals surface area contributed by atoms with Crippen molar-refractivity contribution in [2.75, 3.05) is 0 Å². The van der Waals surface area contributed by atoms with Crippen molar-refractivity contribution < 1.29 is 14.0 Å². The van der Waals surface area contributed by atoms with E-state index in [9.17, 15) is 14.0 Å². The number of likely N-dealkylation sites (tertiary alicyclic amines) is 1. The summed E-state index contributed by atoms with van der Waals surface area (Å²) in [4.78, 5) is 25.8. The number of fused-ring (bicyclic) bond motifs is 2. The Bertz CT molecular complexity index is 625. The first-order valence-corrected chi connectivity index (χ1v) is 7.31. The quantitative estimate of drug-likeness (QED) is 0.682. The lowest BCUT2D eigenvalue weighted by Crippen LogP contribution is -2.45. The van der Waals surface area contributed by atoms with E-state index < -0.39 is 5.82 Å². The number of piperidine rings is 1. The van der Waals surface area contributed by atoms with Crippen LogP contribution in [0, 0.1) is 17.7 Å². The summed E-state index contributed by atoms with van der Waals surface area (Å²) in [7, 11) is 0. The molecule has 3 rings (SSSR count). The Balaban J connectivity index is 1.84. The molecule has 1 saturated heterocycles. The van der Waals surface area contributed by atoms with Gasteiger partial charge in [-0.1, -0.05) is 24.4 Å². The van der Waals surface area contributed by atoms with Gasteiger partial charge in [-0.25, -0.2) is 4.39 Å². The van der Waals surface area contributed by atoms with Crippen LogP contribution in [0.3, 0.4) is 0 Å². The Morgan fingerprint density at radius 3 is 2.43 bits per heavy atom. The highest BCUT2D eigenvalue weighted by Crippen LogP contribution is 2.38. The molecule has 2 atom stereocenters. The Morgan fingerprint density at radius 2 is 1.90 bits per heavy atom. The first-order valence-electron chi connectivity index (χ1n) is 6.91. The SMILES string of the molecule is NC(=S)c1ccc(CN2C(=O)C3CCC(C3)C2=O)c(F)c1. The fraction of sp³-hybridized carbons (Fsp3) is 0.400. The summed E-state index contributed by atoms with van der Waals surface area (Å²) >= 11 is 4.80. The lowest BCUT2D eigenvalue weighted by atomic mass is 9.96. The normalized spacial score (nSPS) is 24.5. The van der Waals surface area contributed by atoms with E-state index in [4.69, 9.17) is 18.0 Å². The number of rotatable bonds is 3. The molecule has 2 bridgehead atoms. The Labute approximate surface area is 127 Å². The highest BCUT2D eigenvalue weighted by molar-refractivity contribution is 7.80. The Hall–Kier alpha value is -1.82. The smallest absolute Gasteiger partial charge is 0.232 e. The minimum atomic E-state index is -0.501. The van der Waals surface area contributed by atoms with E-state index in [-0.39, 0.29) is 35.2 Å². The first-order chi connectivity index (χ1) is 9.97. The van der Waals surface area contributed by atoms with Gasteiger partial charge in [-0.05, 0) is 25.3 Å². The van der Waals surface area contributed by atoms with E-state index in [2.05, 4.69) is 0 Å². The molecule has 2 fully saturated rings. The number of amides is 2. The van der Waals surface area contributed by atoms with E-state index in [1.165, 1.54) is 17.0 Å². The number of nitrogens with zero attached hydrogens (tertiary/aromatic N) is 1. The standard InChI is InChI=1S/C15H15FN2O2S/c16-12-6-8(13(17)21)1-4-11(12)7-18-14(19)9-2-3-10(5-9)15(18)20/h1,4,6,9-10H,2-3,5,7H2,(H2,17,21). The fourth-order valence-corrected chi connectivity index (χ4v) is 3.26. The van der Waals surface area contributed by atoms with Crippen molar-refractivity contribution in [1.82, 2.24) is 4.90 Å². The van der Waals surface area contributed by atoms with Crippen LogP contribution >= 0.6 is 12.2 Å². The summed E-state index contributed by atoms with van der Waals surface area (Å²) in [6.45, 7) is -0.0197. The Morgan fingerprint density at radius 1 is 1.29 bits per heavy atom. The van der Waals surface area contributed by atoms with Crippen molar-refractivity contribution in [3.8, 4) is 0 Å². The van der Waals surface area contributed by atoms with Crippen molar-refractivity contribution in [3.63, 3.8) is 0 Å². The van der Waals surface area contributed by atoms with E-state index >= 15 is 0 Å². The molecular formula is C15H15FN2O2S. The van der Waals surface area contributed by atoms with Crippen LogP contribution in [-0.2, 0) is 16.1 Å². The molecule has 1 heterocycles. The molecule has 2 unspecified atom stereocenters. The van der Waals surface area contributed by atoms with Gasteiger partial charge in [0.25, 0.3) is 0 Å². The highest BCUT2D eigenvalue weighted by atomic mass is 32.1. The van der Waals surface area contributed by atoms with Gasteiger partial charge in [0.15, 0.2) is 0 Å². The molecule has 0 aromatic heterocycles. The summed E-state index contributed by atoms with van der Waals surface area (Å²) < 4.78 is 14.1. The Kier molecular flexibility index (Phi) is 3.49. The summed E-state index contributed by atoms with van der Waals surface area (Å²) in [5, 5.41) is 0. The monoisotopic (exact) mass is 306 g/mol. The van der Waals surface area contributed by atoms with Gasteiger partial charge < -0.3 is 5.73 Å². The van der Waals surface area contributed by atoms with Crippen LogP contribution in [0.5, 0.6) is 0 Å². The maximum atomic E-state index is 14.1. The molecule has 6 heteroatoms. The number of thiocarbonyl (C=S) groups is 1. The van der Waals surface area contributed by atoms with Gasteiger partial charge in [0.1, 0.15) is 10.8 Å². The van der Waals surface area contributed by atoms with Crippen molar-refractivity contribution in [2.24, 2.45) is 17.6 Å². The lowest BCUT2D eigenvalue weighted by Gasteiger charge is -2.29. The van der Waals surface area contributed by atoms with Crippen molar-refractivity contribution in [2.45, 2.75) is 25.8 Å². The number of benzene rings is 1. The third-order valence-electron chi connectivity index (χ3n) is 4.33. The number of hydrogen-bond acceptors (Lipinski definition) is 3. The first kappa shape index (κ1) is 14.1. The van der Waals surface area contributed by atoms with Crippen molar-refractivity contribution in [1.29, 1.82) is 0 Å². The van der Waals surface area contributed by atoms with Crippen LogP contribution < -0.4 is 5.73 Å². The summed E-state index contributed by atoms with van der Waals surface area (Å²) in [6.07, 6.45) is 2.17. The maximum absolute atomic E-state index is 14.1. The highest BCUT2D eigenvalue weighted by Gasteiger charge is 2.45. The summed E-state index contributed by atoms with van der Waals surface area (Å²) in [6, 6.07) is 4.38. The van der Waals surface area contributed by atoms with Gasteiger partial charge in [0, 0.05) is 23.0 Å². The second-order valence-electron chi connectivity index (χ2n) is 5.64. The molecule has 1 aromatic carbocycles. The molecule has 1 aliphatic heterocycles. The van der Waals surface area contributed by atoms with E-state index in [1.807, 2.05) is 0 Å². The molecule has 0 radical (unpaired) electrons. The number of hydrogen-bond donors (Lipinski definition) is 1. The van der Waals surface area contributed by atoms with E-state index in [0.717, 1.165) is 12.8 Å². The summed E-state index contributed by atoms with van der Waals surface area (Å²) in [5.74, 6) is -1.00. The van der Waals surface area contributed by atoms with Crippen LogP contribution in [0.1, 0.15) is 30.4 Å². The molecule has 1 saturated carbocycles. The molecule has 1 aliphatic carbocycles. The molecule has 1 aromatic rings. The average Bonchev–Trinajstić information content (AvgIpc) is 2.90. The minimum Gasteiger partial charge on any atom is -0.389 e. The van der Waals surface area contributed by atoms with Crippen LogP contribution in [0.15, 0.2) is 18.2 Å². The molecule has 21 heavy (non-hydrogen) atoms. The average molecular weight is 306 g/mol.